The number of likely N-dealkylation sites (tertiary alicyclic amines) is 1. The van der Waals surface area contributed by atoms with E-state index in [0.717, 1.165) is 31.8 Å². The van der Waals surface area contributed by atoms with Crippen molar-refractivity contribution >= 4 is 5.91 Å². The molecule has 0 unspecified atom stereocenters. The van der Waals surface area contributed by atoms with Crippen LogP contribution >= 0.6 is 0 Å². The van der Waals surface area contributed by atoms with Crippen molar-refractivity contribution in [3.05, 3.63) is 0 Å². The van der Waals surface area contributed by atoms with Gasteiger partial charge in [-0.2, -0.15) is 0 Å². The zero-order valence-corrected chi connectivity index (χ0v) is 10.1. The van der Waals surface area contributed by atoms with Crippen molar-refractivity contribution in [1.82, 2.24) is 10.2 Å². The monoisotopic (exact) mass is 222 g/mol. The Bertz CT molecular complexity index is 284. The summed E-state index contributed by atoms with van der Waals surface area (Å²) in [4.78, 5) is 14.6. The fourth-order valence-corrected chi connectivity index (χ4v) is 3.57. The first-order valence-corrected chi connectivity index (χ1v) is 6.78. The Hall–Kier alpha value is -0.570. The first kappa shape index (κ1) is 10.6. The first-order valence-electron chi connectivity index (χ1n) is 6.78. The minimum absolute atomic E-state index is 0.343. The Balaban J connectivity index is 1.61. The average Bonchev–Trinajstić information content (AvgIpc) is 2.91. The zero-order chi connectivity index (χ0) is 11.1. The van der Waals surface area contributed by atoms with E-state index in [1.54, 1.807) is 0 Å². The highest BCUT2D eigenvalue weighted by molar-refractivity contribution is 5.79. The maximum absolute atomic E-state index is 12.4. The minimum Gasteiger partial charge on any atom is -0.337 e. The predicted octanol–water partition coefficient (Wildman–Crippen LogP) is 1.39. The molecule has 3 aliphatic rings. The number of hydrogen-bond donors (Lipinski definition) is 1. The third-order valence-corrected chi connectivity index (χ3v) is 4.70. The van der Waals surface area contributed by atoms with E-state index in [4.69, 9.17) is 0 Å². The Morgan fingerprint density at radius 1 is 1.25 bits per heavy atom. The standard InChI is InChI=1S/C13H22N2O/c1-9-2-4-10(5-3-9)13(16)15-8-11-6-12(15)7-14-11/h9-12,14H,2-8H2,1H3/t9-,10+,11-,12-/m0/s1. The molecule has 2 bridgehead atoms. The fraction of sp³-hybridized carbons (Fsp3) is 0.923. The topological polar surface area (TPSA) is 32.3 Å². The molecule has 3 fully saturated rings. The van der Waals surface area contributed by atoms with Crippen LogP contribution in [-0.4, -0.2) is 36.0 Å². The molecule has 0 aromatic heterocycles. The van der Waals surface area contributed by atoms with E-state index in [1.165, 1.54) is 19.3 Å². The van der Waals surface area contributed by atoms with E-state index in [1.807, 2.05) is 0 Å². The van der Waals surface area contributed by atoms with Gasteiger partial charge in [0.1, 0.15) is 0 Å². The predicted molar refractivity (Wildman–Crippen MR) is 63.0 cm³/mol. The highest BCUT2D eigenvalue weighted by atomic mass is 16.2. The summed E-state index contributed by atoms with van der Waals surface area (Å²) in [5, 5.41) is 3.46. The lowest BCUT2D eigenvalue weighted by molar-refractivity contribution is -0.138. The van der Waals surface area contributed by atoms with Crippen LogP contribution in [0.3, 0.4) is 0 Å². The summed E-state index contributed by atoms with van der Waals surface area (Å²) in [6, 6.07) is 1.10. The Morgan fingerprint density at radius 2 is 2.00 bits per heavy atom. The first-order chi connectivity index (χ1) is 7.74. The van der Waals surface area contributed by atoms with Crippen molar-refractivity contribution in [2.45, 2.75) is 51.1 Å². The van der Waals surface area contributed by atoms with E-state index in [-0.39, 0.29) is 0 Å². The van der Waals surface area contributed by atoms with Gasteiger partial charge >= 0.3 is 0 Å². The molecule has 1 N–H and O–H groups in total. The van der Waals surface area contributed by atoms with E-state index >= 15 is 0 Å². The van der Waals surface area contributed by atoms with E-state index in [2.05, 4.69) is 17.1 Å². The van der Waals surface area contributed by atoms with Crippen LogP contribution in [0.2, 0.25) is 0 Å². The van der Waals surface area contributed by atoms with Gasteiger partial charge in [0.25, 0.3) is 0 Å². The molecule has 3 rings (SSSR count). The number of amides is 1. The summed E-state index contributed by atoms with van der Waals surface area (Å²) >= 11 is 0. The molecule has 1 saturated carbocycles. The molecule has 3 nitrogen and oxygen atoms in total. The van der Waals surface area contributed by atoms with Crippen LogP contribution in [0.25, 0.3) is 0 Å². The lowest BCUT2D eigenvalue weighted by Gasteiger charge is -2.33. The van der Waals surface area contributed by atoms with Crippen LogP contribution in [0.15, 0.2) is 0 Å². The number of carbonyl (C=O) groups is 1. The number of rotatable bonds is 1. The van der Waals surface area contributed by atoms with Crippen molar-refractivity contribution in [2.75, 3.05) is 13.1 Å². The maximum atomic E-state index is 12.4. The lowest BCUT2D eigenvalue weighted by atomic mass is 9.82. The van der Waals surface area contributed by atoms with E-state index in [0.29, 0.717) is 23.9 Å². The van der Waals surface area contributed by atoms with Crippen molar-refractivity contribution < 1.29 is 4.79 Å². The van der Waals surface area contributed by atoms with Crippen LogP contribution in [-0.2, 0) is 4.79 Å². The van der Waals surface area contributed by atoms with Gasteiger partial charge in [0, 0.05) is 31.1 Å². The van der Waals surface area contributed by atoms with Gasteiger partial charge in [0.2, 0.25) is 5.91 Å². The summed E-state index contributed by atoms with van der Waals surface area (Å²) in [5.41, 5.74) is 0. The van der Waals surface area contributed by atoms with E-state index in [9.17, 15) is 4.79 Å². The molecule has 2 aliphatic heterocycles. The zero-order valence-electron chi connectivity index (χ0n) is 10.1. The Labute approximate surface area is 97.6 Å². The number of fused-ring (bicyclic) bond motifs is 2. The fourth-order valence-electron chi connectivity index (χ4n) is 3.57. The minimum atomic E-state index is 0.343. The molecule has 0 aromatic carbocycles. The molecule has 1 aliphatic carbocycles. The quantitative estimate of drug-likeness (QED) is 0.727. The van der Waals surface area contributed by atoms with Gasteiger partial charge < -0.3 is 10.2 Å². The maximum Gasteiger partial charge on any atom is 0.226 e. The second kappa shape index (κ2) is 4.02. The second-order valence-electron chi connectivity index (χ2n) is 5.94. The molecule has 16 heavy (non-hydrogen) atoms. The highest BCUT2D eigenvalue weighted by Crippen LogP contribution is 2.32. The van der Waals surface area contributed by atoms with Gasteiger partial charge in [-0.3, -0.25) is 4.79 Å². The molecule has 0 radical (unpaired) electrons. The molecule has 2 atom stereocenters. The van der Waals surface area contributed by atoms with Gasteiger partial charge in [-0.25, -0.2) is 0 Å². The van der Waals surface area contributed by atoms with Crippen LogP contribution < -0.4 is 5.32 Å². The Kier molecular flexibility index (Phi) is 2.66. The smallest absolute Gasteiger partial charge is 0.226 e. The molecular weight excluding hydrogens is 200 g/mol. The van der Waals surface area contributed by atoms with Crippen molar-refractivity contribution in [1.29, 1.82) is 0 Å². The molecule has 0 aromatic rings. The normalized spacial score (nSPS) is 42.7. The van der Waals surface area contributed by atoms with Crippen LogP contribution in [0.1, 0.15) is 39.0 Å². The summed E-state index contributed by atoms with van der Waals surface area (Å²) in [6.07, 6.45) is 5.94. The van der Waals surface area contributed by atoms with E-state index < -0.39 is 0 Å². The molecule has 2 saturated heterocycles. The lowest BCUT2D eigenvalue weighted by Crippen LogP contribution is -2.49. The largest absolute Gasteiger partial charge is 0.337 e. The number of nitrogens with one attached hydrogen (secondary N) is 1. The van der Waals surface area contributed by atoms with Gasteiger partial charge in [-0.1, -0.05) is 6.92 Å². The highest BCUT2D eigenvalue weighted by Gasteiger charge is 2.42. The van der Waals surface area contributed by atoms with Gasteiger partial charge in [-0.15, -0.1) is 0 Å². The summed E-state index contributed by atoms with van der Waals surface area (Å²) in [7, 11) is 0. The molecule has 2 heterocycles. The number of hydrogen-bond acceptors (Lipinski definition) is 2. The Morgan fingerprint density at radius 3 is 2.56 bits per heavy atom. The summed E-state index contributed by atoms with van der Waals surface area (Å²) in [5.74, 6) is 1.64. The third kappa shape index (κ3) is 1.75. The number of carbonyl (C=O) groups excluding carboxylic acids is 1. The van der Waals surface area contributed by atoms with Gasteiger partial charge in [-0.05, 0) is 38.0 Å². The van der Waals surface area contributed by atoms with Gasteiger partial charge in [0.05, 0.1) is 0 Å². The van der Waals surface area contributed by atoms with Crippen molar-refractivity contribution in [2.24, 2.45) is 11.8 Å². The van der Waals surface area contributed by atoms with Crippen molar-refractivity contribution in [3.63, 3.8) is 0 Å². The second-order valence-corrected chi connectivity index (χ2v) is 5.94. The third-order valence-electron chi connectivity index (χ3n) is 4.70. The molecule has 3 heteroatoms. The molecule has 1 amide bonds. The SMILES string of the molecule is C[C@H]1CC[C@@H](C(=O)N2C[C@@H]3C[C@H]2CN3)CC1. The molecular formula is C13H22N2O. The average molecular weight is 222 g/mol. The molecule has 90 valence electrons. The number of nitrogens with zero attached hydrogens (tertiary/aromatic N) is 1. The summed E-state index contributed by atoms with van der Waals surface area (Å²) < 4.78 is 0. The summed E-state index contributed by atoms with van der Waals surface area (Å²) in [6.45, 7) is 4.30. The van der Waals surface area contributed by atoms with Crippen LogP contribution in [0, 0.1) is 11.8 Å². The number of piperazine rings is 1. The van der Waals surface area contributed by atoms with Crippen LogP contribution in [0.5, 0.6) is 0 Å². The van der Waals surface area contributed by atoms with Crippen molar-refractivity contribution in [3.8, 4) is 0 Å². The van der Waals surface area contributed by atoms with Crippen LogP contribution in [0.4, 0.5) is 0 Å². The molecule has 0 spiro atoms. The van der Waals surface area contributed by atoms with Gasteiger partial charge in [0.15, 0.2) is 0 Å².